The fourth-order valence-corrected chi connectivity index (χ4v) is 3.09. The summed E-state index contributed by atoms with van der Waals surface area (Å²) >= 11 is 0. The maximum absolute atomic E-state index is 4.85. The fourth-order valence-electron chi connectivity index (χ4n) is 3.09. The van der Waals surface area contributed by atoms with Gasteiger partial charge in [0.25, 0.3) is 0 Å². The monoisotopic (exact) mass is 290 g/mol. The zero-order chi connectivity index (χ0) is 15.2. The lowest BCUT2D eigenvalue weighted by Gasteiger charge is -2.33. The van der Waals surface area contributed by atoms with Crippen LogP contribution < -0.4 is 10.2 Å². The highest BCUT2D eigenvalue weighted by molar-refractivity contribution is 5.58. The molecule has 2 heterocycles. The third kappa shape index (κ3) is 3.86. The minimum Gasteiger partial charge on any atom is -0.370 e. The van der Waals surface area contributed by atoms with Crippen LogP contribution in [0.3, 0.4) is 0 Å². The summed E-state index contributed by atoms with van der Waals surface area (Å²) in [4.78, 5) is 12.0. The van der Waals surface area contributed by atoms with Crippen molar-refractivity contribution in [3.8, 4) is 0 Å². The highest BCUT2D eigenvalue weighted by Crippen LogP contribution is 2.29. The molecule has 2 rings (SSSR count). The number of rotatable bonds is 6. The first-order chi connectivity index (χ1) is 10.2. The Bertz CT molecular complexity index is 450. The molecular weight excluding hydrogens is 260 g/mol. The van der Waals surface area contributed by atoms with E-state index in [2.05, 4.69) is 42.9 Å². The Hall–Kier alpha value is -1.32. The van der Waals surface area contributed by atoms with Crippen LogP contribution in [0.25, 0.3) is 0 Å². The van der Waals surface area contributed by atoms with Gasteiger partial charge in [-0.3, -0.25) is 0 Å². The molecule has 0 aromatic carbocycles. The third-order valence-corrected chi connectivity index (χ3v) is 4.48. The van der Waals surface area contributed by atoms with Gasteiger partial charge in [0.1, 0.15) is 17.5 Å². The van der Waals surface area contributed by atoms with Crippen LogP contribution in [0.2, 0.25) is 0 Å². The maximum atomic E-state index is 4.85. The summed E-state index contributed by atoms with van der Waals surface area (Å²) in [7, 11) is 0. The summed E-state index contributed by atoms with van der Waals surface area (Å²) in [5, 5.41) is 3.40. The molecule has 0 bridgehead atoms. The first kappa shape index (κ1) is 16.1. The molecule has 1 aromatic rings. The van der Waals surface area contributed by atoms with Crippen molar-refractivity contribution in [2.75, 3.05) is 29.9 Å². The van der Waals surface area contributed by atoms with Crippen LogP contribution in [-0.4, -0.2) is 29.6 Å². The Balaban J connectivity index is 2.24. The van der Waals surface area contributed by atoms with Gasteiger partial charge >= 0.3 is 0 Å². The molecule has 0 spiro atoms. The Morgan fingerprint density at radius 3 is 2.43 bits per heavy atom. The number of hydrogen-bond donors (Lipinski definition) is 1. The van der Waals surface area contributed by atoms with Crippen molar-refractivity contribution in [1.29, 1.82) is 0 Å². The van der Waals surface area contributed by atoms with Gasteiger partial charge in [0.2, 0.25) is 0 Å². The van der Waals surface area contributed by atoms with Gasteiger partial charge in [-0.05, 0) is 39.0 Å². The van der Waals surface area contributed by atoms with Gasteiger partial charge in [0, 0.05) is 31.6 Å². The zero-order valence-corrected chi connectivity index (χ0v) is 14.1. The summed E-state index contributed by atoms with van der Waals surface area (Å²) in [6.45, 7) is 11.9. The van der Waals surface area contributed by atoms with Crippen LogP contribution in [0, 0.1) is 12.8 Å². The summed E-state index contributed by atoms with van der Waals surface area (Å²) in [5.41, 5.74) is 1.20. The van der Waals surface area contributed by atoms with Crippen LogP contribution in [0.5, 0.6) is 0 Å². The number of hydrogen-bond acceptors (Lipinski definition) is 4. The number of aryl methyl sites for hydroxylation is 1. The predicted molar refractivity (Wildman–Crippen MR) is 90.2 cm³/mol. The highest BCUT2D eigenvalue weighted by Gasteiger charge is 2.22. The summed E-state index contributed by atoms with van der Waals surface area (Å²) in [5.74, 6) is 4.04. The highest BCUT2D eigenvalue weighted by atomic mass is 15.2. The van der Waals surface area contributed by atoms with E-state index in [1.807, 2.05) is 0 Å². The topological polar surface area (TPSA) is 41.1 Å². The third-order valence-electron chi connectivity index (χ3n) is 4.48. The van der Waals surface area contributed by atoms with E-state index in [0.717, 1.165) is 55.9 Å². The molecule has 118 valence electrons. The Morgan fingerprint density at radius 2 is 1.86 bits per heavy atom. The van der Waals surface area contributed by atoms with E-state index < -0.39 is 0 Å². The molecule has 0 atom stereocenters. The predicted octanol–water partition coefficient (Wildman–Crippen LogP) is 3.80. The van der Waals surface area contributed by atoms with Crippen LogP contribution in [-0.2, 0) is 6.42 Å². The number of nitrogens with one attached hydrogen (secondary N) is 1. The summed E-state index contributed by atoms with van der Waals surface area (Å²) in [6, 6.07) is 0. The van der Waals surface area contributed by atoms with Crippen LogP contribution in [0.4, 0.5) is 11.6 Å². The van der Waals surface area contributed by atoms with Crippen molar-refractivity contribution in [3.05, 3.63) is 11.4 Å². The lowest BCUT2D eigenvalue weighted by Crippen LogP contribution is -2.35. The van der Waals surface area contributed by atoms with Crippen molar-refractivity contribution < 1.29 is 0 Å². The normalized spacial score (nSPS) is 16.3. The Kier molecular flexibility index (Phi) is 5.83. The molecule has 1 N–H and O–H groups in total. The van der Waals surface area contributed by atoms with E-state index in [1.54, 1.807) is 0 Å². The van der Waals surface area contributed by atoms with Gasteiger partial charge in [0.15, 0.2) is 0 Å². The zero-order valence-electron chi connectivity index (χ0n) is 14.1. The molecule has 4 nitrogen and oxygen atoms in total. The molecule has 0 aliphatic carbocycles. The SMILES string of the molecule is CCCc1nc(NCC)c(C)c(N2CCC(CC)CC2)n1. The second-order valence-electron chi connectivity index (χ2n) is 6.06. The first-order valence-electron chi connectivity index (χ1n) is 8.55. The molecule has 4 heteroatoms. The molecule has 21 heavy (non-hydrogen) atoms. The smallest absolute Gasteiger partial charge is 0.137 e. The van der Waals surface area contributed by atoms with Crippen LogP contribution in [0.15, 0.2) is 0 Å². The van der Waals surface area contributed by atoms with Crippen molar-refractivity contribution >= 4 is 11.6 Å². The number of nitrogens with zero attached hydrogens (tertiary/aromatic N) is 3. The van der Waals surface area contributed by atoms with Crippen LogP contribution >= 0.6 is 0 Å². The minimum atomic E-state index is 0.895. The lowest BCUT2D eigenvalue weighted by molar-refractivity contribution is 0.393. The molecule has 1 saturated heterocycles. The number of piperidine rings is 1. The molecule has 1 aromatic heterocycles. The minimum absolute atomic E-state index is 0.895. The van der Waals surface area contributed by atoms with E-state index >= 15 is 0 Å². The van der Waals surface area contributed by atoms with Crippen molar-refractivity contribution in [1.82, 2.24) is 9.97 Å². The second kappa shape index (κ2) is 7.62. The molecule has 1 aliphatic heterocycles. The molecule has 1 aliphatic rings. The average molecular weight is 290 g/mol. The Labute approximate surface area is 129 Å². The molecule has 0 unspecified atom stereocenters. The van der Waals surface area contributed by atoms with Gasteiger partial charge in [-0.1, -0.05) is 20.3 Å². The molecule has 0 saturated carbocycles. The first-order valence-corrected chi connectivity index (χ1v) is 8.55. The van der Waals surface area contributed by atoms with Gasteiger partial charge in [-0.15, -0.1) is 0 Å². The molecule has 1 fully saturated rings. The number of anilines is 2. The van der Waals surface area contributed by atoms with Gasteiger partial charge < -0.3 is 10.2 Å². The molecule has 0 amide bonds. The van der Waals surface area contributed by atoms with E-state index in [-0.39, 0.29) is 0 Å². The quantitative estimate of drug-likeness (QED) is 0.865. The van der Waals surface area contributed by atoms with Gasteiger partial charge in [-0.2, -0.15) is 0 Å². The van der Waals surface area contributed by atoms with Crippen molar-refractivity contribution in [2.24, 2.45) is 5.92 Å². The van der Waals surface area contributed by atoms with Crippen molar-refractivity contribution in [2.45, 2.75) is 59.8 Å². The van der Waals surface area contributed by atoms with Gasteiger partial charge in [0.05, 0.1) is 0 Å². The maximum Gasteiger partial charge on any atom is 0.137 e. The lowest BCUT2D eigenvalue weighted by atomic mass is 9.94. The number of aromatic nitrogens is 2. The molecule has 0 radical (unpaired) electrons. The fraction of sp³-hybridized carbons (Fsp3) is 0.765. The largest absolute Gasteiger partial charge is 0.370 e. The van der Waals surface area contributed by atoms with Gasteiger partial charge in [-0.25, -0.2) is 9.97 Å². The van der Waals surface area contributed by atoms with Crippen LogP contribution in [0.1, 0.15) is 57.8 Å². The standard InChI is InChI=1S/C17H30N4/c1-5-8-15-19-16(18-7-3)13(4)17(20-15)21-11-9-14(6-2)10-12-21/h14H,5-12H2,1-4H3,(H,18,19,20). The Morgan fingerprint density at radius 1 is 1.14 bits per heavy atom. The average Bonchev–Trinajstić information content (AvgIpc) is 2.51. The van der Waals surface area contributed by atoms with E-state index in [9.17, 15) is 0 Å². The molecular formula is C17H30N4. The summed E-state index contributed by atoms with van der Waals surface area (Å²) in [6.07, 6.45) is 5.93. The summed E-state index contributed by atoms with van der Waals surface area (Å²) < 4.78 is 0. The van der Waals surface area contributed by atoms with E-state index in [0.29, 0.717) is 0 Å². The van der Waals surface area contributed by atoms with E-state index in [1.165, 1.54) is 24.8 Å². The van der Waals surface area contributed by atoms with E-state index in [4.69, 9.17) is 4.98 Å². The second-order valence-corrected chi connectivity index (χ2v) is 6.06. The van der Waals surface area contributed by atoms with Crippen molar-refractivity contribution in [3.63, 3.8) is 0 Å².